The minimum Gasteiger partial charge on any atom is -0.490 e. The summed E-state index contributed by atoms with van der Waals surface area (Å²) in [5, 5.41) is 11.2. The minimum atomic E-state index is -0.317. The van der Waals surface area contributed by atoms with E-state index in [1.54, 1.807) is 12.1 Å². The van der Waals surface area contributed by atoms with E-state index < -0.39 is 0 Å². The molecule has 1 N–H and O–H groups in total. The lowest BCUT2D eigenvalue weighted by molar-refractivity contribution is -0.120. The topological polar surface area (TPSA) is 95.7 Å². The highest BCUT2D eigenvalue weighted by Crippen LogP contribution is 2.42. The first-order valence-corrected chi connectivity index (χ1v) is 10.8. The number of ether oxygens (including phenoxy) is 3. The van der Waals surface area contributed by atoms with Gasteiger partial charge < -0.3 is 23.9 Å². The standard InChI is InChI=1S/C20H27N3O5S/c1-5-25-15-10-13(11-16(26-6-2)17(15)27-7-3)19-22-23-20(28-19)29-12(4)18(24)21-14-8-9-14/h10-12,14H,5-9H2,1-4H3,(H,21,24)/t12-/m1/s1. The highest BCUT2D eigenvalue weighted by atomic mass is 32.2. The summed E-state index contributed by atoms with van der Waals surface area (Å²) in [6, 6.07) is 3.91. The van der Waals surface area contributed by atoms with Crippen LogP contribution in [-0.4, -0.2) is 47.2 Å². The monoisotopic (exact) mass is 421 g/mol. The van der Waals surface area contributed by atoms with Crippen LogP contribution in [0.4, 0.5) is 0 Å². The summed E-state index contributed by atoms with van der Waals surface area (Å²) in [5.74, 6) is 1.97. The van der Waals surface area contributed by atoms with Crippen molar-refractivity contribution in [2.45, 2.75) is 57.1 Å². The fraction of sp³-hybridized carbons (Fsp3) is 0.550. The molecular formula is C20H27N3O5S. The third kappa shape index (κ3) is 5.56. The molecule has 1 atom stereocenters. The molecule has 1 amide bonds. The number of aromatic nitrogens is 2. The molecule has 158 valence electrons. The zero-order chi connectivity index (χ0) is 20.8. The molecule has 0 saturated heterocycles. The van der Waals surface area contributed by atoms with Gasteiger partial charge in [0.05, 0.1) is 25.1 Å². The van der Waals surface area contributed by atoms with Crippen molar-refractivity contribution in [1.82, 2.24) is 15.5 Å². The second-order valence-corrected chi connectivity index (χ2v) is 7.81. The van der Waals surface area contributed by atoms with E-state index >= 15 is 0 Å². The molecule has 0 bridgehead atoms. The van der Waals surface area contributed by atoms with Gasteiger partial charge in [0, 0.05) is 11.6 Å². The van der Waals surface area contributed by atoms with E-state index in [4.69, 9.17) is 18.6 Å². The van der Waals surface area contributed by atoms with E-state index in [9.17, 15) is 4.79 Å². The third-order valence-electron chi connectivity index (χ3n) is 4.13. The number of rotatable bonds is 11. The van der Waals surface area contributed by atoms with Crippen LogP contribution in [-0.2, 0) is 4.79 Å². The number of amides is 1. The maximum atomic E-state index is 12.1. The number of hydrogen-bond acceptors (Lipinski definition) is 8. The summed E-state index contributed by atoms with van der Waals surface area (Å²) in [7, 11) is 0. The van der Waals surface area contributed by atoms with Gasteiger partial charge in [0.15, 0.2) is 11.5 Å². The largest absolute Gasteiger partial charge is 0.490 e. The lowest BCUT2D eigenvalue weighted by Gasteiger charge is -2.16. The molecule has 2 aromatic rings. The van der Waals surface area contributed by atoms with Gasteiger partial charge in [-0.1, -0.05) is 11.8 Å². The number of benzene rings is 1. The Morgan fingerprint density at radius 1 is 1.14 bits per heavy atom. The molecule has 1 aromatic carbocycles. The van der Waals surface area contributed by atoms with Gasteiger partial charge >= 0.3 is 0 Å². The lowest BCUT2D eigenvalue weighted by Crippen LogP contribution is -2.32. The van der Waals surface area contributed by atoms with Crippen LogP contribution >= 0.6 is 11.8 Å². The van der Waals surface area contributed by atoms with Crippen LogP contribution in [0.5, 0.6) is 17.2 Å². The average Bonchev–Trinajstić information content (AvgIpc) is 3.39. The molecule has 29 heavy (non-hydrogen) atoms. The Morgan fingerprint density at radius 3 is 2.31 bits per heavy atom. The van der Waals surface area contributed by atoms with Crippen LogP contribution in [0.25, 0.3) is 11.5 Å². The average molecular weight is 422 g/mol. The molecular weight excluding hydrogens is 394 g/mol. The Labute approximate surface area is 174 Å². The number of nitrogens with one attached hydrogen (secondary N) is 1. The van der Waals surface area contributed by atoms with Crippen LogP contribution in [0, 0.1) is 0 Å². The van der Waals surface area contributed by atoms with Crippen molar-refractivity contribution in [3.05, 3.63) is 12.1 Å². The fourth-order valence-corrected chi connectivity index (χ4v) is 3.33. The first-order valence-electron chi connectivity index (χ1n) is 9.93. The summed E-state index contributed by atoms with van der Waals surface area (Å²) in [6.45, 7) is 8.98. The molecule has 1 aromatic heterocycles. The molecule has 0 aliphatic heterocycles. The number of carbonyl (C=O) groups is 1. The van der Waals surface area contributed by atoms with Crippen molar-refractivity contribution >= 4 is 17.7 Å². The normalized spacial score (nSPS) is 14.3. The zero-order valence-electron chi connectivity index (χ0n) is 17.2. The van der Waals surface area contributed by atoms with E-state index in [2.05, 4.69) is 15.5 Å². The Hall–Kier alpha value is -2.42. The van der Waals surface area contributed by atoms with E-state index in [0.717, 1.165) is 12.8 Å². The molecule has 1 aliphatic rings. The van der Waals surface area contributed by atoms with Crippen LogP contribution in [0.3, 0.4) is 0 Å². The lowest BCUT2D eigenvalue weighted by atomic mass is 10.2. The first-order chi connectivity index (χ1) is 14.0. The first kappa shape index (κ1) is 21.3. The van der Waals surface area contributed by atoms with Gasteiger partial charge in [0.2, 0.25) is 17.5 Å². The second-order valence-electron chi connectivity index (χ2n) is 6.52. The molecule has 0 spiro atoms. The van der Waals surface area contributed by atoms with Crippen LogP contribution in [0.15, 0.2) is 21.8 Å². The summed E-state index contributed by atoms with van der Waals surface area (Å²) >= 11 is 1.24. The summed E-state index contributed by atoms with van der Waals surface area (Å²) in [5.41, 5.74) is 0.662. The highest BCUT2D eigenvalue weighted by Gasteiger charge is 2.27. The number of thioether (sulfide) groups is 1. The van der Waals surface area contributed by atoms with Crippen molar-refractivity contribution in [1.29, 1.82) is 0 Å². The molecule has 9 heteroatoms. The van der Waals surface area contributed by atoms with Gasteiger partial charge in [-0.25, -0.2) is 0 Å². The predicted molar refractivity (Wildman–Crippen MR) is 110 cm³/mol. The maximum absolute atomic E-state index is 12.1. The van der Waals surface area contributed by atoms with Gasteiger partial charge in [-0.3, -0.25) is 4.79 Å². The molecule has 8 nitrogen and oxygen atoms in total. The van der Waals surface area contributed by atoms with E-state index in [-0.39, 0.29) is 11.2 Å². The number of hydrogen-bond donors (Lipinski definition) is 1. The van der Waals surface area contributed by atoms with Gasteiger partial charge in [0.25, 0.3) is 5.22 Å². The van der Waals surface area contributed by atoms with Crippen molar-refractivity contribution in [3.63, 3.8) is 0 Å². The fourth-order valence-electron chi connectivity index (χ4n) is 2.64. The van der Waals surface area contributed by atoms with Gasteiger partial charge in [-0.2, -0.15) is 0 Å². The molecule has 0 radical (unpaired) electrons. The minimum absolute atomic E-state index is 0.0180. The molecule has 1 heterocycles. The van der Waals surface area contributed by atoms with Gasteiger partial charge in [0.1, 0.15) is 0 Å². The van der Waals surface area contributed by atoms with Crippen molar-refractivity contribution in [2.24, 2.45) is 0 Å². The quantitative estimate of drug-likeness (QED) is 0.549. The van der Waals surface area contributed by atoms with Crippen molar-refractivity contribution in [3.8, 4) is 28.7 Å². The summed E-state index contributed by atoms with van der Waals surface area (Å²) < 4.78 is 23.0. The maximum Gasteiger partial charge on any atom is 0.277 e. The molecule has 1 saturated carbocycles. The van der Waals surface area contributed by atoms with Gasteiger partial charge in [-0.15, -0.1) is 10.2 Å². The predicted octanol–water partition coefficient (Wildman–Crippen LogP) is 3.69. The molecule has 0 unspecified atom stereocenters. The van der Waals surface area contributed by atoms with E-state index in [1.807, 2.05) is 27.7 Å². The molecule has 3 rings (SSSR count). The number of nitrogens with zero attached hydrogens (tertiary/aromatic N) is 2. The van der Waals surface area contributed by atoms with Crippen LogP contribution in [0.2, 0.25) is 0 Å². The highest BCUT2D eigenvalue weighted by molar-refractivity contribution is 8.00. The van der Waals surface area contributed by atoms with Crippen molar-refractivity contribution < 1.29 is 23.4 Å². The van der Waals surface area contributed by atoms with Crippen molar-refractivity contribution in [2.75, 3.05) is 19.8 Å². The third-order valence-corrected chi connectivity index (χ3v) is 5.07. The Morgan fingerprint density at radius 2 is 1.76 bits per heavy atom. The molecule has 1 fully saturated rings. The van der Waals surface area contributed by atoms with E-state index in [0.29, 0.717) is 59.8 Å². The smallest absolute Gasteiger partial charge is 0.277 e. The zero-order valence-corrected chi connectivity index (χ0v) is 18.0. The Kier molecular flexibility index (Phi) is 7.24. The second kappa shape index (κ2) is 9.87. The Balaban J connectivity index is 1.81. The van der Waals surface area contributed by atoms with Crippen LogP contribution in [0.1, 0.15) is 40.5 Å². The van der Waals surface area contributed by atoms with Crippen LogP contribution < -0.4 is 19.5 Å². The van der Waals surface area contributed by atoms with E-state index in [1.165, 1.54) is 11.8 Å². The number of carbonyl (C=O) groups excluding carboxylic acids is 1. The van der Waals surface area contributed by atoms with Gasteiger partial charge in [-0.05, 0) is 52.7 Å². The SMILES string of the molecule is CCOc1cc(-c2nnc(S[C@H](C)C(=O)NC3CC3)o2)cc(OCC)c1OCC. The molecule has 1 aliphatic carbocycles. The summed E-state index contributed by atoms with van der Waals surface area (Å²) in [4.78, 5) is 12.1. The summed E-state index contributed by atoms with van der Waals surface area (Å²) in [6.07, 6.45) is 2.10. The Bertz CT molecular complexity index is 810.